The van der Waals surface area contributed by atoms with Crippen LogP contribution in [0.5, 0.6) is 0 Å². The van der Waals surface area contributed by atoms with Crippen LogP contribution in [0.2, 0.25) is 10.0 Å². The number of benzene rings is 3. The van der Waals surface area contributed by atoms with Crippen LogP contribution in [0.1, 0.15) is 34.3 Å². The van der Waals surface area contributed by atoms with Crippen LogP contribution in [0.4, 0.5) is 5.69 Å². The van der Waals surface area contributed by atoms with Crippen molar-refractivity contribution in [1.29, 1.82) is 0 Å². The zero-order valence-electron chi connectivity index (χ0n) is 20.0. The van der Waals surface area contributed by atoms with E-state index in [1.165, 1.54) is 4.31 Å². The molecule has 0 spiro atoms. The van der Waals surface area contributed by atoms with E-state index >= 15 is 0 Å². The average molecular weight is 561 g/mol. The van der Waals surface area contributed by atoms with Gasteiger partial charge in [-0.05, 0) is 48.2 Å². The largest absolute Gasteiger partial charge is 0.348 e. The molecule has 0 atom stereocenters. The molecule has 0 unspecified atom stereocenters. The topological polar surface area (TPSA) is 95.6 Å². The summed E-state index contributed by atoms with van der Waals surface area (Å²) in [4.78, 5) is 25.8. The van der Waals surface area contributed by atoms with E-state index in [0.717, 1.165) is 5.56 Å². The number of sulfonamides is 1. The van der Waals surface area contributed by atoms with Crippen LogP contribution in [0.3, 0.4) is 0 Å². The van der Waals surface area contributed by atoms with E-state index in [1.807, 2.05) is 30.3 Å². The molecular weight excluding hydrogens is 533 g/mol. The van der Waals surface area contributed by atoms with E-state index < -0.39 is 10.0 Å². The number of rotatable bonds is 8. The number of piperidine rings is 1. The first-order valence-corrected chi connectivity index (χ1v) is 14.2. The quantitative estimate of drug-likeness (QED) is 0.401. The number of carbonyl (C=O) groups is 2. The van der Waals surface area contributed by atoms with Gasteiger partial charge >= 0.3 is 0 Å². The Morgan fingerprint density at radius 3 is 2.24 bits per heavy atom. The molecule has 194 valence electrons. The summed E-state index contributed by atoms with van der Waals surface area (Å²) in [7, 11) is -3.57. The van der Waals surface area contributed by atoms with E-state index in [0.29, 0.717) is 46.2 Å². The highest BCUT2D eigenvalue weighted by Crippen LogP contribution is 2.27. The third kappa shape index (κ3) is 7.11. The third-order valence-corrected chi connectivity index (χ3v) is 8.87. The Kier molecular flexibility index (Phi) is 8.87. The van der Waals surface area contributed by atoms with Crippen molar-refractivity contribution in [2.45, 2.75) is 25.1 Å². The van der Waals surface area contributed by atoms with Gasteiger partial charge in [-0.2, -0.15) is 0 Å². The number of hydrogen-bond donors (Lipinski definition) is 2. The van der Waals surface area contributed by atoms with Crippen LogP contribution in [-0.4, -0.2) is 37.6 Å². The van der Waals surface area contributed by atoms with Crippen LogP contribution in [0.15, 0.2) is 72.8 Å². The van der Waals surface area contributed by atoms with Gasteiger partial charge in [-0.25, -0.2) is 12.7 Å². The summed E-state index contributed by atoms with van der Waals surface area (Å²) >= 11 is 11.9. The lowest BCUT2D eigenvalue weighted by atomic mass is 9.97. The highest BCUT2D eigenvalue weighted by Gasteiger charge is 2.31. The predicted molar refractivity (Wildman–Crippen MR) is 146 cm³/mol. The standard InChI is InChI=1S/C27H27Cl2N3O4S/c28-23-11-10-20(16-24(23)29)18-37(35,36)32-14-12-21(13-15-32)26(33)31-25-9-5-4-8-22(25)27(34)30-17-19-6-2-1-3-7-19/h1-11,16,21H,12-15,17-18H2,(H,30,34)(H,31,33). The predicted octanol–water partition coefficient (Wildman–Crippen LogP) is 5.10. The van der Waals surface area contributed by atoms with Gasteiger partial charge in [0.05, 0.1) is 27.0 Å². The molecule has 1 aliphatic rings. The fraction of sp³-hybridized carbons (Fsp3) is 0.259. The summed E-state index contributed by atoms with van der Waals surface area (Å²) < 4.78 is 27.2. The summed E-state index contributed by atoms with van der Waals surface area (Å²) in [5.74, 6) is -1.07. The Hall–Kier alpha value is -2.91. The fourth-order valence-corrected chi connectivity index (χ4v) is 6.10. The Bertz CT molecular complexity index is 1380. The molecule has 10 heteroatoms. The van der Waals surface area contributed by atoms with Gasteiger partial charge in [-0.1, -0.05) is 71.7 Å². The maximum absolute atomic E-state index is 13.0. The number of amides is 2. The van der Waals surface area contributed by atoms with Crippen molar-refractivity contribution in [3.8, 4) is 0 Å². The highest BCUT2D eigenvalue weighted by molar-refractivity contribution is 7.88. The molecule has 0 aromatic heterocycles. The van der Waals surface area contributed by atoms with Gasteiger partial charge < -0.3 is 10.6 Å². The van der Waals surface area contributed by atoms with Crippen molar-refractivity contribution in [1.82, 2.24) is 9.62 Å². The summed E-state index contributed by atoms with van der Waals surface area (Å²) in [6.45, 7) is 0.846. The lowest BCUT2D eigenvalue weighted by Gasteiger charge is -2.30. The zero-order valence-corrected chi connectivity index (χ0v) is 22.3. The minimum Gasteiger partial charge on any atom is -0.348 e. The fourth-order valence-electron chi connectivity index (χ4n) is 4.23. The van der Waals surface area contributed by atoms with Crippen LogP contribution >= 0.6 is 23.2 Å². The first-order chi connectivity index (χ1) is 17.7. The van der Waals surface area contributed by atoms with Crippen LogP contribution < -0.4 is 10.6 Å². The highest BCUT2D eigenvalue weighted by atomic mass is 35.5. The molecule has 2 amide bonds. The number of para-hydroxylation sites is 1. The Labute approximate surface area is 226 Å². The molecule has 1 heterocycles. The number of hydrogen-bond acceptors (Lipinski definition) is 4. The molecule has 2 N–H and O–H groups in total. The molecule has 0 saturated carbocycles. The Balaban J connectivity index is 1.33. The second-order valence-corrected chi connectivity index (χ2v) is 11.7. The smallest absolute Gasteiger partial charge is 0.253 e. The average Bonchev–Trinajstić information content (AvgIpc) is 2.90. The second kappa shape index (κ2) is 12.1. The van der Waals surface area contributed by atoms with Gasteiger partial charge in [-0.3, -0.25) is 9.59 Å². The molecular formula is C27H27Cl2N3O4S. The van der Waals surface area contributed by atoms with E-state index in [-0.39, 0.29) is 36.6 Å². The molecule has 7 nitrogen and oxygen atoms in total. The maximum atomic E-state index is 13.0. The van der Waals surface area contributed by atoms with Gasteiger partial charge in [0, 0.05) is 25.6 Å². The third-order valence-electron chi connectivity index (χ3n) is 6.28. The molecule has 0 radical (unpaired) electrons. The van der Waals surface area contributed by atoms with E-state index in [9.17, 15) is 18.0 Å². The molecule has 1 fully saturated rings. The number of carbonyl (C=O) groups excluding carboxylic acids is 2. The monoisotopic (exact) mass is 559 g/mol. The van der Waals surface area contributed by atoms with Crippen LogP contribution in [0.25, 0.3) is 0 Å². The lowest BCUT2D eigenvalue weighted by molar-refractivity contribution is -0.120. The maximum Gasteiger partial charge on any atom is 0.253 e. The first-order valence-electron chi connectivity index (χ1n) is 11.9. The van der Waals surface area contributed by atoms with Crippen molar-refractivity contribution >= 4 is 50.7 Å². The van der Waals surface area contributed by atoms with E-state index in [1.54, 1.807) is 42.5 Å². The van der Waals surface area contributed by atoms with Crippen molar-refractivity contribution in [2.24, 2.45) is 5.92 Å². The van der Waals surface area contributed by atoms with E-state index in [4.69, 9.17) is 23.2 Å². The van der Waals surface area contributed by atoms with Gasteiger partial charge in [0.2, 0.25) is 15.9 Å². The summed E-state index contributed by atoms with van der Waals surface area (Å²) in [6.07, 6.45) is 0.767. The molecule has 37 heavy (non-hydrogen) atoms. The molecule has 0 aliphatic carbocycles. The first kappa shape index (κ1) is 27.1. The van der Waals surface area contributed by atoms with Crippen LogP contribution in [-0.2, 0) is 27.1 Å². The van der Waals surface area contributed by atoms with Gasteiger partial charge in [0.25, 0.3) is 5.91 Å². The van der Waals surface area contributed by atoms with Crippen LogP contribution in [0, 0.1) is 5.92 Å². The summed E-state index contributed by atoms with van der Waals surface area (Å²) in [6, 6.07) is 21.2. The zero-order chi connectivity index (χ0) is 26.4. The number of nitrogens with one attached hydrogen (secondary N) is 2. The Morgan fingerprint density at radius 1 is 0.865 bits per heavy atom. The minimum absolute atomic E-state index is 0.188. The number of halogens is 2. The van der Waals surface area contributed by atoms with Gasteiger partial charge in [0.15, 0.2) is 0 Å². The van der Waals surface area contributed by atoms with Crippen molar-refractivity contribution in [3.05, 3.63) is 99.5 Å². The molecule has 3 aromatic rings. The van der Waals surface area contributed by atoms with Crippen molar-refractivity contribution < 1.29 is 18.0 Å². The van der Waals surface area contributed by atoms with Crippen molar-refractivity contribution in [2.75, 3.05) is 18.4 Å². The molecule has 1 aliphatic heterocycles. The SMILES string of the molecule is O=C(NCc1ccccc1)c1ccccc1NC(=O)C1CCN(S(=O)(=O)Cc2ccc(Cl)c(Cl)c2)CC1. The van der Waals surface area contributed by atoms with E-state index in [2.05, 4.69) is 10.6 Å². The Morgan fingerprint density at radius 2 is 1.54 bits per heavy atom. The molecule has 3 aromatic carbocycles. The summed E-state index contributed by atoms with van der Waals surface area (Å²) in [5.41, 5.74) is 2.32. The van der Waals surface area contributed by atoms with Crippen molar-refractivity contribution in [3.63, 3.8) is 0 Å². The normalized spacial score (nSPS) is 14.8. The summed E-state index contributed by atoms with van der Waals surface area (Å²) in [5, 5.41) is 6.42. The number of nitrogens with zero attached hydrogens (tertiary/aromatic N) is 1. The molecule has 1 saturated heterocycles. The minimum atomic E-state index is -3.57. The number of anilines is 1. The lowest BCUT2D eigenvalue weighted by Crippen LogP contribution is -2.42. The second-order valence-electron chi connectivity index (χ2n) is 8.88. The van der Waals surface area contributed by atoms with Gasteiger partial charge in [0.1, 0.15) is 0 Å². The molecule has 0 bridgehead atoms. The molecule has 4 rings (SSSR count). The van der Waals surface area contributed by atoms with Gasteiger partial charge in [-0.15, -0.1) is 0 Å².